The molecule has 64 heavy (non-hydrogen) atoms. The number of hydrogen-bond acceptors (Lipinski definition) is 19. The average Bonchev–Trinajstić information content (AvgIpc) is 3.12. The first-order valence-electron chi connectivity index (χ1n) is 16.4. The number of anilines is 3. The van der Waals surface area contributed by atoms with Crippen molar-refractivity contribution in [3.05, 3.63) is 128 Å². The molecule has 0 heterocycles. The number of hydrazone groups is 1. The Labute approximate surface area is 454 Å². The van der Waals surface area contributed by atoms with E-state index in [1.807, 2.05) is 0 Å². The Morgan fingerprint density at radius 3 is 1.94 bits per heavy atom. The number of carbonyl (C=O) groups excluding carboxylic acids is 3. The maximum absolute atomic E-state index is 13.4. The number of benzene rings is 3. The second kappa shape index (κ2) is 22.1. The average molecular weight is 989 g/mol. The van der Waals surface area contributed by atoms with Gasteiger partial charge in [0.2, 0.25) is 5.78 Å². The van der Waals surface area contributed by atoms with Crippen molar-refractivity contribution in [2.45, 2.75) is 23.6 Å². The van der Waals surface area contributed by atoms with Crippen molar-refractivity contribution >= 4 is 92.6 Å². The van der Waals surface area contributed by atoms with Crippen molar-refractivity contribution in [2.75, 3.05) is 16.2 Å². The van der Waals surface area contributed by atoms with E-state index in [2.05, 4.69) is 31.7 Å². The summed E-state index contributed by atoms with van der Waals surface area (Å²) in [4.78, 5) is 39.9. The van der Waals surface area contributed by atoms with E-state index in [0.717, 1.165) is 66.8 Å². The third-order valence-corrected chi connectivity index (χ3v) is 11.9. The number of nitrogens with one attached hydrogen (secondary N) is 4. The van der Waals surface area contributed by atoms with Crippen molar-refractivity contribution < 1.29 is 184 Å². The van der Waals surface area contributed by atoms with Gasteiger partial charge in [-0.05, 0) is 97.3 Å². The summed E-state index contributed by atoms with van der Waals surface area (Å²) in [5.41, 5.74) is 4.39. The molecule has 0 saturated carbocycles. The van der Waals surface area contributed by atoms with Gasteiger partial charge in [-0.2, -0.15) is 10.1 Å². The van der Waals surface area contributed by atoms with Gasteiger partial charge in [-0.25, -0.2) is 38.5 Å². The number of Topliss-reactive ketones (excluding diaryl/α,β-unsaturated/α-hetero) is 1. The molecule has 0 aromatic heterocycles. The van der Waals surface area contributed by atoms with Gasteiger partial charge in [0.25, 0.3) is 0 Å². The van der Waals surface area contributed by atoms with Crippen LogP contribution in [0.25, 0.3) is 6.08 Å². The Balaban J connectivity index is 0.00000352. The summed E-state index contributed by atoms with van der Waals surface area (Å²) in [5.74, 6) is -1.96. The molecule has 6 rings (SSSR count). The molecule has 0 spiro atoms. The molecule has 0 radical (unpaired) electrons. The molecular weight excluding hydrogens is 965 g/mol. The smallest absolute Gasteiger partial charge is 0.744 e. The minimum Gasteiger partial charge on any atom is -0.744 e. The molecule has 3 aliphatic rings. The first-order valence-corrected chi connectivity index (χ1v) is 22.1. The number of urea groups is 1. The third-order valence-electron chi connectivity index (χ3n) is 8.44. The molecule has 0 aliphatic heterocycles. The van der Waals surface area contributed by atoms with E-state index in [1.54, 1.807) is 0 Å². The van der Waals surface area contributed by atoms with Crippen LogP contribution in [0.15, 0.2) is 125 Å². The minimum atomic E-state index is -5.42. The molecule has 29 heteroatoms. The van der Waals surface area contributed by atoms with Gasteiger partial charge in [-0.15, -0.1) is 0 Å². The van der Waals surface area contributed by atoms with Crippen LogP contribution in [0, 0.1) is 13.8 Å². The fourth-order valence-corrected chi connectivity index (χ4v) is 8.70. The van der Waals surface area contributed by atoms with Crippen molar-refractivity contribution in [3.63, 3.8) is 0 Å². The summed E-state index contributed by atoms with van der Waals surface area (Å²) in [7, 11) is -20.7. The predicted molar refractivity (Wildman–Crippen MR) is 208 cm³/mol. The Bertz CT molecular complexity index is 3180. The number of amides is 2. The third kappa shape index (κ3) is 13.6. The van der Waals surface area contributed by atoms with E-state index in [4.69, 9.17) is 0 Å². The molecule has 0 bridgehead atoms. The number of nitrogens with zero attached hydrogens (tertiary/aromatic N) is 2. The zero-order valence-electron chi connectivity index (χ0n) is 34.2. The molecule has 3 aliphatic carbocycles. The molecular formula is C35H24N6Na4O15S4. The summed E-state index contributed by atoms with van der Waals surface area (Å²) in [5, 5.41) is 6.01. The first-order chi connectivity index (χ1) is 27.8. The van der Waals surface area contributed by atoms with Crippen LogP contribution < -0.4 is 140 Å². The maximum atomic E-state index is 13.4. The maximum Gasteiger partial charge on any atom is 1.00 e. The normalized spacial score (nSPS) is 16.0. The topological polar surface area (TPSA) is 353 Å². The van der Waals surface area contributed by atoms with E-state index in [0.29, 0.717) is 11.1 Å². The standard InChI is InChI=1S/C35H28N6O15S4.4Na/c1-17-3-8-27(30(11-17)58(48,49)50)39-41-32-31(59(51,52)53)13-19-12-20(4-6-24(19)33(32)43)36-35(44)37-21-5-7-25-26(15-21)29(42)16-28(34(25)60(54,55)56)40-38-22-9-18(2)10-23(14-22)57(45,46)47;;;;/h3-16,38-40H,1-2H3,(H,36,44)(H,45,46,47)(H,48,49,50)(H,51,52,53)(H,54,55,56);;;;/q;4*+1/p-4/b37-21?,41-32-;;;;. The van der Waals surface area contributed by atoms with Crippen LogP contribution in [-0.2, 0) is 45.3 Å². The monoisotopic (exact) mass is 988 g/mol. The van der Waals surface area contributed by atoms with E-state index in [1.165, 1.54) is 32.0 Å². The fourth-order valence-electron chi connectivity index (χ4n) is 5.91. The Morgan fingerprint density at radius 2 is 1.33 bits per heavy atom. The number of ketones is 2. The zero-order valence-corrected chi connectivity index (χ0v) is 45.5. The summed E-state index contributed by atoms with van der Waals surface area (Å²) >= 11 is 0. The van der Waals surface area contributed by atoms with E-state index in [-0.39, 0.29) is 158 Å². The van der Waals surface area contributed by atoms with Gasteiger partial charge in [0.15, 0.2) is 5.78 Å². The molecule has 0 fully saturated rings. The number of allylic oxidation sites excluding steroid dienone is 7. The van der Waals surface area contributed by atoms with Crippen LogP contribution in [0.2, 0.25) is 0 Å². The van der Waals surface area contributed by atoms with Crippen LogP contribution in [0.1, 0.15) is 27.0 Å². The molecule has 0 atom stereocenters. The minimum absolute atomic E-state index is 0. The Kier molecular flexibility index (Phi) is 19.9. The number of carbonyl (C=O) groups is 3. The molecule has 3 aromatic rings. The van der Waals surface area contributed by atoms with Crippen molar-refractivity contribution in [1.29, 1.82) is 0 Å². The molecule has 0 saturated heterocycles. The summed E-state index contributed by atoms with van der Waals surface area (Å²) in [6.45, 7) is 2.97. The molecule has 312 valence electrons. The quantitative estimate of drug-likeness (QED) is 0.0832. The Morgan fingerprint density at radius 1 is 0.656 bits per heavy atom. The molecule has 2 amide bonds. The van der Waals surface area contributed by atoms with Crippen molar-refractivity contribution in [1.82, 2.24) is 5.43 Å². The first kappa shape index (κ1) is 57.7. The van der Waals surface area contributed by atoms with E-state index < -0.39 is 94.8 Å². The van der Waals surface area contributed by atoms with Crippen molar-refractivity contribution in [3.8, 4) is 0 Å². The van der Waals surface area contributed by atoms with Crippen LogP contribution >= 0.6 is 0 Å². The van der Waals surface area contributed by atoms with Gasteiger partial charge in [-0.3, -0.25) is 20.4 Å². The predicted octanol–water partition coefficient (Wildman–Crippen LogP) is -9.97. The summed E-state index contributed by atoms with van der Waals surface area (Å²) < 4.78 is 144. The van der Waals surface area contributed by atoms with Crippen molar-refractivity contribution in [2.24, 2.45) is 10.1 Å². The largest absolute Gasteiger partial charge is 1.00 e. The molecule has 4 N–H and O–H groups in total. The second-order valence-electron chi connectivity index (χ2n) is 12.8. The van der Waals surface area contributed by atoms with Gasteiger partial charge >= 0.3 is 124 Å². The summed E-state index contributed by atoms with van der Waals surface area (Å²) in [6.07, 6.45) is 4.66. The summed E-state index contributed by atoms with van der Waals surface area (Å²) in [6, 6.07) is 9.30. The van der Waals surface area contributed by atoms with Gasteiger partial charge in [-0.1, -0.05) is 12.1 Å². The van der Waals surface area contributed by atoms with Crippen LogP contribution in [0.4, 0.5) is 21.9 Å². The molecule has 21 nitrogen and oxygen atoms in total. The van der Waals surface area contributed by atoms with Gasteiger partial charge < -0.3 is 29.0 Å². The van der Waals surface area contributed by atoms with Gasteiger partial charge in [0.1, 0.15) is 46.2 Å². The number of aryl methyl sites for hydroxylation is 2. The second-order valence-corrected chi connectivity index (χ2v) is 18.2. The zero-order chi connectivity index (χ0) is 44.1. The molecule has 0 unspecified atom stereocenters. The van der Waals surface area contributed by atoms with E-state index in [9.17, 15) is 66.3 Å². The number of hydrogen-bond donors (Lipinski definition) is 4. The van der Waals surface area contributed by atoms with Crippen LogP contribution in [0.5, 0.6) is 0 Å². The number of fused-ring (bicyclic) bond motifs is 2. The number of aliphatic imine (C=N–C) groups is 1. The molecule has 3 aromatic carbocycles. The Hall–Kier alpha value is -2.45. The SMILES string of the molecule is Cc1cc(NNC2=CC(=O)C3=CC(=NC(=O)Nc4ccc5c(c4)C=C(S(=O)(=O)[O-])/C(=N/Nc4ccc(C)cc4S(=O)(=O)[O-])C5=O)C=CC3=C2S(=O)(=O)[O-])cc(S(=O)(=O)[O-])c1.[Na+].[Na+].[Na+].[Na+]. The fraction of sp³-hybridized carbons (Fsp3) is 0.0571. The van der Waals surface area contributed by atoms with Gasteiger partial charge in [0.05, 0.1) is 42.4 Å². The van der Waals surface area contributed by atoms with Crippen LogP contribution in [0.3, 0.4) is 0 Å². The van der Waals surface area contributed by atoms with Crippen LogP contribution in [-0.4, -0.2) is 80.9 Å². The van der Waals surface area contributed by atoms with E-state index >= 15 is 0 Å². The number of rotatable bonds is 10. The number of hydrazine groups is 1. The van der Waals surface area contributed by atoms with Gasteiger partial charge in [0, 0.05) is 28.5 Å².